The zero-order valence-corrected chi connectivity index (χ0v) is 12.7. The summed E-state index contributed by atoms with van der Waals surface area (Å²) in [5.41, 5.74) is 5.60. The second kappa shape index (κ2) is 6.89. The highest BCUT2D eigenvalue weighted by Crippen LogP contribution is 2.27. The van der Waals surface area contributed by atoms with Crippen molar-refractivity contribution in [1.82, 2.24) is 5.43 Å². The van der Waals surface area contributed by atoms with Gasteiger partial charge in [0.25, 0.3) is 0 Å². The summed E-state index contributed by atoms with van der Waals surface area (Å²) in [7, 11) is 1.63. The van der Waals surface area contributed by atoms with Crippen molar-refractivity contribution >= 4 is 11.6 Å². The molecule has 112 valence electrons. The molecular formula is C16H18ClFN2O. The van der Waals surface area contributed by atoms with E-state index in [2.05, 4.69) is 5.43 Å². The summed E-state index contributed by atoms with van der Waals surface area (Å²) in [5, 5.41) is 0.0997. The number of methoxy groups -OCH3 is 1. The third kappa shape index (κ3) is 3.73. The van der Waals surface area contributed by atoms with Crippen molar-refractivity contribution < 1.29 is 9.13 Å². The summed E-state index contributed by atoms with van der Waals surface area (Å²) in [4.78, 5) is 0. The lowest BCUT2D eigenvalue weighted by Crippen LogP contribution is -2.29. The van der Waals surface area contributed by atoms with Crippen molar-refractivity contribution in [3.05, 3.63) is 63.9 Å². The Morgan fingerprint density at radius 2 is 2.05 bits per heavy atom. The number of hydrogen-bond donors (Lipinski definition) is 2. The van der Waals surface area contributed by atoms with E-state index in [4.69, 9.17) is 22.2 Å². The minimum absolute atomic E-state index is 0.0997. The van der Waals surface area contributed by atoms with Crippen LogP contribution in [0, 0.1) is 12.7 Å². The average molecular weight is 309 g/mol. The average Bonchev–Trinajstić information content (AvgIpc) is 2.48. The number of aryl methyl sites for hydroxylation is 1. The molecule has 0 aliphatic heterocycles. The SMILES string of the molecule is COc1ccc(C)cc1CC(NN)c1ccc(Cl)c(F)c1. The van der Waals surface area contributed by atoms with Gasteiger partial charge in [-0.2, -0.15) is 0 Å². The number of rotatable bonds is 5. The number of nitrogens with one attached hydrogen (secondary N) is 1. The van der Waals surface area contributed by atoms with Crippen LogP contribution in [0.5, 0.6) is 5.75 Å². The van der Waals surface area contributed by atoms with Crippen LogP contribution in [0.4, 0.5) is 4.39 Å². The molecule has 3 nitrogen and oxygen atoms in total. The first-order valence-corrected chi connectivity index (χ1v) is 6.97. The summed E-state index contributed by atoms with van der Waals surface area (Å²) >= 11 is 5.71. The lowest BCUT2D eigenvalue weighted by molar-refractivity contribution is 0.405. The Morgan fingerprint density at radius 1 is 1.29 bits per heavy atom. The molecule has 0 aliphatic carbocycles. The Kier molecular flexibility index (Phi) is 5.17. The van der Waals surface area contributed by atoms with Gasteiger partial charge in [-0.1, -0.05) is 35.4 Å². The van der Waals surface area contributed by atoms with Crippen molar-refractivity contribution in [1.29, 1.82) is 0 Å². The van der Waals surface area contributed by atoms with Crippen LogP contribution < -0.4 is 16.0 Å². The van der Waals surface area contributed by atoms with Crippen LogP contribution in [0.25, 0.3) is 0 Å². The molecule has 1 atom stereocenters. The third-order valence-electron chi connectivity index (χ3n) is 3.41. The highest BCUT2D eigenvalue weighted by molar-refractivity contribution is 6.30. The largest absolute Gasteiger partial charge is 0.496 e. The highest BCUT2D eigenvalue weighted by atomic mass is 35.5. The molecule has 0 saturated carbocycles. The number of benzene rings is 2. The molecule has 2 aromatic carbocycles. The quantitative estimate of drug-likeness (QED) is 0.656. The molecule has 0 bridgehead atoms. The molecule has 0 saturated heterocycles. The molecule has 0 spiro atoms. The number of ether oxygens (including phenoxy) is 1. The van der Waals surface area contributed by atoms with Crippen LogP contribution >= 0.6 is 11.6 Å². The van der Waals surface area contributed by atoms with E-state index in [-0.39, 0.29) is 11.1 Å². The number of hydrogen-bond acceptors (Lipinski definition) is 3. The molecular weight excluding hydrogens is 291 g/mol. The normalized spacial score (nSPS) is 12.2. The summed E-state index contributed by atoms with van der Waals surface area (Å²) in [5.74, 6) is 5.96. The van der Waals surface area contributed by atoms with Gasteiger partial charge in [-0.15, -0.1) is 0 Å². The maximum atomic E-state index is 13.6. The van der Waals surface area contributed by atoms with Crippen LogP contribution in [0.1, 0.15) is 22.7 Å². The first-order chi connectivity index (χ1) is 10.0. The number of hydrazine groups is 1. The second-order valence-electron chi connectivity index (χ2n) is 4.91. The van der Waals surface area contributed by atoms with Gasteiger partial charge in [-0.05, 0) is 42.7 Å². The molecule has 0 heterocycles. The van der Waals surface area contributed by atoms with E-state index in [0.717, 1.165) is 22.4 Å². The molecule has 0 aliphatic rings. The Hall–Kier alpha value is -1.62. The molecule has 2 aromatic rings. The number of halogens is 2. The van der Waals surface area contributed by atoms with Gasteiger partial charge in [-0.25, -0.2) is 4.39 Å². The fourth-order valence-corrected chi connectivity index (χ4v) is 2.41. The summed E-state index contributed by atoms with van der Waals surface area (Å²) in [6.07, 6.45) is 0.586. The smallest absolute Gasteiger partial charge is 0.142 e. The lowest BCUT2D eigenvalue weighted by atomic mass is 9.97. The van der Waals surface area contributed by atoms with Crippen molar-refractivity contribution in [2.24, 2.45) is 5.84 Å². The van der Waals surface area contributed by atoms with Gasteiger partial charge in [-0.3, -0.25) is 11.3 Å². The molecule has 2 rings (SSSR count). The standard InChI is InChI=1S/C16H18ClFN2O/c1-10-3-6-16(21-2)12(7-10)9-15(20-19)11-4-5-13(17)14(18)8-11/h3-8,15,20H,9,19H2,1-2H3. The first-order valence-electron chi connectivity index (χ1n) is 6.59. The minimum Gasteiger partial charge on any atom is -0.496 e. The molecule has 5 heteroatoms. The van der Waals surface area contributed by atoms with Gasteiger partial charge in [0.05, 0.1) is 18.2 Å². The van der Waals surface area contributed by atoms with Gasteiger partial charge in [0.15, 0.2) is 0 Å². The fourth-order valence-electron chi connectivity index (χ4n) is 2.29. The van der Waals surface area contributed by atoms with E-state index in [1.165, 1.54) is 12.1 Å². The predicted octanol–water partition coefficient (Wildman–Crippen LogP) is 3.54. The summed E-state index contributed by atoms with van der Waals surface area (Å²) in [6, 6.07) is 10.4. The van der Waals surface area contributed by atoms with Crippen molar-refractivity contribution in [2.45, 2.75) is 19.4 Å². The maximum absolute atomic E-state index is 13.6. The van der Waals surface area contributed by atoms with E-state index in [0.29, 0.717) is 6.42 Å². The topological polar surface area (TPSA) is 47.3 Å². The molecule has 0 fully saturated rings. The molecule has 3 N–H and O–H groups in total. The third-order valence-corrected chi connectivity index (χ3v) is 3.71. The summed E-state index contributed by atoms with van der Waals surface area (Å²) < 4.78 is 19.0. The first kappa shape index (κ1) is 15.8. The van der Waals surface area contributed by atoms with Crippen LogP contribution in [0.2, 0.25) is 5.02 Å². The highest BCUT2D eigenvalue weighted by Gasteiger charge is 2.15. The van der Waals surface area contributed by atoms with E-state index in [1.807, 2.05) is 25.1 Å². The van der Waals surface area contributed by atoms with Crippen LogP contribution in [-0.2, 0) is 6.42 Å². The Balaban J connectivity index is 2.30. The van der Waals surface area contributed by atoms with Gasteiger partial charge in [0.1, 0.15) is 11.6 Å². The van der Waals surface area contributed by atoms with Gasteiger partial charge in [0.2, 0.25) is 0 Å². The Morgan fingerprint density at radius 3 is 2.67 bits per heavy atom. The van der Waals surface area contributed by atoms with E-state index in [1.54, 1.807) is 13.2 Å². The second-order valence-corrected chi connectivity index (χ2v) is 5.32. The minimum atomic E-state index is -0.453. The van der Waals surface area contributed by atoms with Crippen molar-refractivity contribution in [3.8, 4) is 5.75 Å². The zero-order chi connectivity index (χ0) is 15.4. The van der Waals surface area contributed by atoms with Crippen LogP contribution in [0.3, 0.4) is 0 Å². The monoisotopic (exact) mass is 308 g/mol. The molecule has 0 amide bonds. The molecule has 0 radical (unpaired) electrons. The zero-order valence-electron chi connectivity index (χ0n) is 12.0. The fraction of sp³-hybridized carbons (Fsp3) is 0.250. The molecule has 1 unspecified atom stereocenters. The number of nitrogens with two attached hydrogens (primary N) is 1. The Bertz CT molecular complexity index is 634. The van der Waals surface area contributed by atoms with Crippen LogP contribution in [0.15, 0.2) is 36.4 Å². The van der Waals surface area contributed by atoms with Crippen LogP contribution in [-0.4, -0.2) is 7.11 Å². The van der Waals surface area contributed by atoms with Crippen molar-refractivity contribution in [2.75, 3.05) is 7.11 Å². The van der Waals surface area contributed by atoms with Gasteiger partial charge >= 0.3 is 0 Å². The Labute approximate surface area is 128 Å². The van der Waals surface area contributed by atoms with E-state index < -0.39 is 5.82 Å². The molecule has 0 aromatic heterocycles. The van der Waals surface area contributed by atoms with E-state index >= 15 is 0 Å². The summed E-state index contributed by atoms with van der Waals surface area (Å²) in [6.45, 7) is 2.01. The van der Waals surface area contributed by atoms with Gasteiger partial charge in [0, 0.05) is 0 Å². The maximum Gasteiger partial charge on any atom is 0.142 e. The van der Waals surface area contributed by atoms with Crippen molar-refractivity contribution in [3.63, 3.8) is 0 Å². The molecule has 21 heavy (non-hydrogen) atoms. The lowest BCUT2D eigenvalue weighted by Gasteiger charge is -2.19. The van der Waals surface area contributed by atoms with E-state index in [9.17, 15) is 4.39 Å². The van der Waals surface area contributed by atoms with Gasteiger partial charge < -0.3 is 4.74 Å². The predicted molar refractivity (Wildman–Crippen MR) is 82.9 cm³/mol.